The number of nitrogens with two attached hydrogens (primary N) is 2. The Morgan fingerprint density at radius 1 is 1.04 bits per heavy atom. The minimum absolute atomic E-state index is 0.0120. The summed E-state index contributed by atoms with van der Waals surface area (Å²) in [5, 5.41) is 0. The highest BCUT2D eigenvalue weighted by Gasteiger charge is 2.38. The Morgan fingerprint density at radius 3 is 1.91 bits per heavy atom. The third-order valence-electron chi connectivity index (χ3n) is 2.74. The fraction of sp³-hybridized carbons (Fsp3) is 0.812. The van der Waals surface area contributed by atoms with Crippen LogP contribution in [0.4, 0.5) is 0 Å². The summed E-state index contributed by atoms with van der Waals surface area (Å²) in [6.45, 7) is 10.3. The Kier molecular flexibility index (Phi) is 7.37. The molecule has 0 saturated carbocycles. The van der Waals surface area contributed by atoms with Gasteiger partial charge in [-0.3, -0.25) is 9.59 Å². The van der Waals surface area contributed by atoms with Gasteiger partial charge in [-0.15, -0.1) is 0 Å². The normalized spacial score (nSPS) is 16.2. The van der Waals surface area contributed by atoms with Gasteiger partial charge in [0.1, 0.15) is 17.2 Å². The molecule has 0 aromatic rings. The summed E-state index contributed by atoms with van der Waals surface area (Å²) in [5.74, 6) is -1.38. The topological polar surface area (TPSA) is 122 Å². The largest absolute Gasteiger partial charge is 0.459 e. The molecule has 23 heavy (non-hydrogen) atoms. The monoisotopic (exact) mass is 329 g/mol. The lowest BCUT2D eigenvalue weighted by molar-refractivity contribution is -0.159. The summed E-state index contributed by atoms with van der Waals surface area (Å²) in [6, 6.07) is -0.844. The lowest BCUT2D eigenvalue weighted by Crippen LogP contribution is -2.52. The van der Waals surface area contributed by atoms with Gasteiger partial charge in [0, 0.05) is 0 Å². The first-order valence-corrected chi connectivity index (χ1v) is 7.60. The molecule has 0 amide bonds. The van der Waals surface area contributed by atoms with E-state index in [-0.39, 0.29) is 19.3 Å². The van der Waals surface area contributed by atoms with Crippen molar-refractivity contribution in [3.8, 4) is 0 Å². The average Bonchev–Trinajstić information content (AvgIpc) is 2.34. The quantitative estimate of drug-likeness (QED) is 0.527. The first kappa shape index (κ1) is 21.5. The van der Waals surface area contributed by atoms with Crippen LogP contribution in [0, 0.1) is 0 Å². The number of esters is 2. The molecule has 133 valence electrons. The van der Waals surface area contributed by atoms with Gasteiger partial charge in [-0.25, -0.2) is 4.79 Å². The minimum atomic E-state index is -1.86. The van der Waals surface area contributed by atoms with E-state index in [0.717, 1.165) is 0 Å². The molecule has 1 unspecified atom stereocenters. The molecule has 0 bridgehead atoms. The van der Waals surface area contributed by atoms with Crippen LogP contribution in [0.5, 0.6) is 0 Å². The van der Waals surface area contributed by atoms with Gasteiger partial charge in [-0.1, -0.05) is 0 Å². The van der Waals surface area contributed by atoms with Crippen molar-refractivity contribution in [2.24, 2.45) is 11.5 Å². The van der Waals surface area contributed by atoms with Gasteiger partial charge in [0.25, 0.3) is 0 Å². The number of carbonyl (C=O) groups is 2. The fourth-order valence-corrected chi connectivity index (χ4v) is 1.66. The van der Waals surface area contributed by atoms with Crippen molar-refractivity contribution < 1.29 is 23.9 Å². The second kappa shape index (κ2) is 7.88. The van der Waals surface area contributed by atoms with Crippen LogP contribution in [0.15, 0.2) is 0 Å². The van der Waals surface area contributed by atoms with E-state index in [1.165, 1.54) is 6.29 Å². The van der Waals surface area contributed by atoms with Crippen molar-refractivity contribution in [2.75, 3.05) is 0 Å². The first-order chi connectivity index (χ1) is 10.2. The molecule has 0 heterocycles. The molecule has 1 radical (unpaired) electrons. The Bertz CT molecular complexity index is 437. The summed E-state index contributed by atoms with van der Waals surface area (Å²) in [5.41, 5.74) is 8.26. The van der Waals surface area contributed by atoms with Crippen molar-refractivity contribution >= 4 is 18.2 Å². The molecule has 7 heteroatoms. The van der Waals surface area contributed by atoms with Crippen LogP contribution >= 0.6 is 0 Å². The molecule has 4 N–H and O–H groups in total. The summed E-state index contributed by atoms with van der Waals surface area (Å²) >= 11 is 0. The lowest BCUT2D eigenvalue weighted by Gasteiger charge is -2.27. The predicted octanol–water partition coefficient (Wildman–Crippen LogP) is 0.975. The molecule has 0 aliphatic heterocycles. The average molecular weight is 329 g/mol. The van der Waals surface area contributed by atoms with E-state index in [1.54, 1.807) is 41.5 Å². The van der Waals surface area contributed by atoms with Crippen LogP contribution in [0.3, 0.4) is 0 Å². The molecule has 2 atom stereocenters. The number of hydrogen-bond donors (Lipinski definition) is 2. The molecule has 0 saturated heterocycles. The maximum atomic E-state index is 12.0. The van der Waals surface area contributed by atoms with Crippen LogP contribution in [0.2, 0.25) is 0 Å². The van der Waals surface area contributed by atoms with E-state index in [4.69, 9.17) is 20.9 Å². The Morgan fingerprint density at radius 2 is 1.52 bits per heavy atom. The third kappa shape index (κ3) is 8.66. The van der Waals surface area contributed by atoms with Crippen LogP contribution in [0.25, 0.3) is 0 Å². The fourth-order valence-electron chi connectivity index (χ4n) is 1.66. The van der Waals surface area contributed by atoms with Crippen molar-refractivity contribution in [3.63, 3.8) is 0 Å². The summed E-state index contributed by atoms with van der Waals surface area (Å²) < 4.78 is 10.3. The Balaban J connectivity index is 4.54. The molecule has 0 spiro atoms. The molecular formula is C16H29N2O5. The van der Waals surface area contributed by atoms with Crippen molar-refractivity contribution in [1.82, 2.24) is 0 Å². The first-order valence-electron chi connectivity index (χ1n) is 7.60. The lowest BCUT2D eigenvalue weighted by atomic mass is 9.94. The van der Waals surface area contributed by atoms with Crippen molar-refractivity contribution in [1.29, 1.82) is 0 Å². The minimum Gasteiger partial charge on any atom is -0.459 e. The molecule has 0 aromatic carbocycles. The van der Waals surface area contributed by atoms with Crippen LogP contribution in [-0.2, 0) is 23.9 Å². The zero-order chi connectivity index (χ0) is 18.5. The molecule has 0 aromatic heterocycles. The molecule has 7 nitrogen and oxygen atoms in total. The summed E-state index contributed by atoms with van der Waals surface area (Å²) in [7, 11) is 0. The van der Waals surface area contributed by atoms with Gasteiger partial charge >= 0.3 is 11.9 Å². The van der Waals surface area contributed by atoms with E-state index in [2.05, 4.69) is 0 Å². The maximum Gasteiger partial charge on any atom is 0.334 e. The number of ether oxygens (including phenoxy) is 2. The van der Waals surface area contributed by atoms with Crippen LogP contribution < -0.4 is 11.5 Å². The molecular weight excluding hydrogens is 300 g/mol. The number of hydrogen-bond acceptors (Lipinski definition) is 7. The zero-order valence-corrected chi connectivity index (χ0v) is 14.9. The third-order valence-corrected chi connectivity index (χ3v) is 2.74. The van der Waals surface area contributed by atoms with Gasteiger partial charge in [0.2, 0.25) is 6.29 Å². The molecule has 0 rings (SSSR count). The number of rotatable bonds is 7. The SMILES string of the molecule is CC(C)(C)OC(=O)C(N)CCC[C@](N)([C]=O)C(=O)OC(C)(C)C. The zero-order valence-electron chi connectivity index (χ0n) is 14.9. The molecule has 0 fully saturated rings. The van der Waals surface area contributed by atoms with Gasteiger partial charge in [-0.2, -0.15) is 0 Å². The van der Waals surface area contributed by atoms with Gasteiger partial charge in [0.15, 0.2) is 5.54 Å². The van der Waals surface area contributed by atoms with E-state index < -0.39 is 34.7 Å². The highest BCUT2D eigenvalue weighted by atomic mass is 16.6. The molecule has 0 aliphatic carbocycles. The second-order valence-corrected chi connectivity index (χ2v) is 7.61. The maximum absolute atomic E-state index is 12.0. The van der Waals surface area contributed by atoms with Crippen LogP contribution in [0.1, 0.15) is 60.8 Å². The number of carbonyl (C=O) groups excluding carboxylic acids is 3. The van der Waals surface area contributed by atoms with Gasteiger partial charge in [-0.05, 0) is 60.8 Å². The van der Waals surface area contributed by atoms with E-state index >= 15 is 0 Å². The highest BCUT2D eigenvalue weighted by molar-refractivity contribution is 5.98. The van der Waals surface area contributed by atoms with Gasteiger partial charge in [0.05, 0.1) is 0 Å². The smallest absolute Gasteiger partial charge is 0.334 e. The van der Waals surface area contributed by atoms with Crippen LogP contribution in [-0.4, -0.2) is 41.0 Å². The van der Waals surface area contributed by atoms with Crippen molar-refractivity contribution in [2.45, 2.75) is 83.6 Å². The summed E-state index contributed by atoms with van der Waals surface area (Å²) in [4.78, 5) is 34.8. The predicted molar refractivity (Wildman–Crippen MR) is 86.1 cm³/mol. The van der Waals surface area contributed by atoms with E-state index in [9.17, 15) is 14.4 Å². The van der Waals surface area contributed by atoms with E-state index in [1.807, 2.05) is 0 Å². The van der Waals surface area contributed by atoms with E-state index in [0.29, 0.717) is 0 Å². The Labute approximate surface area is 138 Å². The highest BCUT2D eigenvalue weighted by Crippen LogP contribution is 2.18. The second-order valence-electron chi connectivity index (χ2n) is 7.61. The summed E-state index contributed by atoms with van der Waals surface area (Å²) in [6.07, 6.45) is 2.04. The standard InChI is InChI=1S/C16H29N2O5/c1-14(2,3)22-12(20)11(17)8-7-9-16(18,10-19)13(21)23-15(4,5)6/h11H,7-9,17-18H2,1-6H3/t11?,16-/m0/s1. The molecule has 0 aliphatic rings. The van der Waals surface area contributed by atoms with Gasteiger partial charge < -0.3 is 20.9 Å². The Hall–Kier alpha value is -1.47. The van der Waals surface area contributed by atoms with Crippen molar-refractivity contribution in [3.05, 3.63) is 0 Å².